The highest BCUT2D eigenvalue weighted by Gasteiger charge is 2.17. The predicted octanol–water partition coefficient (Wildman–Crippen LogP) is 12.8. The monoisotopic (exact) mass is 804 g/mol. The summed E-state index contributed by atoms with van der Waals surface area (Å²) in [6, 6.07) is 21.8. The predicted molar refractivity (Wildman–Crippen MR) is 244 cm³/mol. The third-order valence-corrected chi connectivity index (χ3v) is 8.63. The molecule has 60 heavy (non-hydrogen) atoms. The lowest BCUT2D eigenvalue weighted by atomic mass is 9.93. The Morgan fingerprint density at radius 1 is 0.350 bits per heavy atom. The van der Waals surface area contributed by atoms with E-state index in [1.54, 1.807) is 58.0 Å². The first-order chi connectivity index (χ1) is 28.0. The zero-order chi connectivity index (χ0) is 45.2. The van der Waals surface area contributed by atoms with E-state index in [1.807, 2.05) is 70.2 Å². The fourth-order valence-corrected chi connectivity index (χ4v) is 5.33. The summed E-state index contributed by atoms with van der Waals surface area (Å²) in [5.41, 5.74) is 10.9. The minimum atomic E-state index is -0.489. The molecule has 0 saturated heterocycles. The second kappa shape index (κ2) is 20.4. The summed E-state index contributed by atoms with van der Waals surface area (Å²) >= 11 is 0. The number of ether oxygens (including phenoxy) is 4. The van der Waals surface area contributed by atoms with Gasteiger partial charge in [0, 0.05) is 39.0 Å². The molecule has 4 aromatic carbocycles. The molecule has 8 nitrogen and oxygen atoms in total. The minimum Gasteiger partial charge on any atom is -0.423 e. The van der Waals surface area contributed by atoms with Crippen LogP contribution >= 0.6 is 0 Å². The van der Waals surface area contributed by atoms with Gasteiger partial charge in [-0.3, -0.25) is 0 Å². The standard InChI is InChI=1S/2C26H26O4/c1-15(2)22-14-20(29-25(27)17(5)6)10-11-21(22)19-9-12-24(23(13-19)16(3)4)30-26(28)18(7)8;1-15(2)21-13-19(9-11-23(21)29-25(27)17(5)6)20-10-12-24(22(14-20)16(3)4)30-26(28)18(7)8/h2*9-14H,1,3,5,7H2,2,4,6,8H3. The Kier molecular flexibility index (Phi) is 16.0. The van der Waals surface area contributed by atoms with E-state index >= 15 is 0 Å². The molecular weight excluding hydrogens is 753 g/mol. The molecule has 4 aromatic rings. The molecule has 0 saturated carbocycles. The van der Waals surface area contributed by atoms with Crippen LogP contribution in [0.1, 0.15) is 77.6 Å². The first-order valence-corrected chi connectivity index (χ1v) is 18.7. The summed E-state index contributed by atoms with van der Waals surface area (Å²) < 4.78 is 21.6. The molecule has 0 atom stereocenters. The lowest BCUT2D eigenvalue weighted by Gasteiger charge is -2.16. The van der Waals surface area contributed by atoms with E-state index < -0.39 is 23.9 Å². The number of carbonyl (C=O) groups excluding carboxylic acids is 4. The third kappa shape index (κ3) is 12.3. The van der Waals surface area contributed by atoms with Gasteiger partial charge in [0.25, 0.3) is 0 Å². The Labute approximate surface area is 353 Å². The fourth-order valence-electron chi connectivity index (χ4n) is 5.33. The molecule has 0 amide bonds. The molecular formula is C52H52O8. The molecule has 308 valence electrons. The average molecular weight is 805 g/mol. The number of hydrogen-bond donors (Lipinski definition) is 0. The maximum Gasteiger partial charge on any atom is 0.338 e. The van der Waals surface area contributed by atoms with Crippen LogP contribution in [-0.2, 0) is 19.2 Å². The Hall–Kier alpha value is -7.32. The SMILES string of the molecule is C=C(C)C(=O)Oc1ccc(-c2ccc(OC(=O)C(=C)C)c(C(=C)C)c2)c(C(=C)C)c1.C=C(C)C(=O)Oc1ccc(-c2ccc(OC(=O)C(=C)C)c(C(=C)C)c2)cc1C(=C)C. The van der Waals surface area contributed by atoms with E-state index in [2.05, 4.69) is 52.6 Å². The van der Waals surface area contributed by atoms with Gasteiger partial charge in [-0.25, -0.2) is 19.2 Å². The van der Waals surface area contributed by atoms with Gasteiger partial charge in [-0.05, 0) is 148 Å². The van der Waals surface area contributed by atoms with Crippen LogP contribution in [0.2, 0.25) is 0 Å². The van der Waals surface area contributed by atoms with Crippen molar-refractivity contribution >= 4 is 46.2 Å². The quantitative estimate of drug-likeness (QED) is 0.0705. The number of benzene rings is 4. The van der Waals surface area contributed by atoms with E-state index in [0.29, 0.717) is 50.9 Å². The van der Waals surface area contributed by atoms with E-state index in [1.165, 1.54) is 0 Å². The molecule has 0 fully saturated rings. The molecule has 0 aliphatic rings. The molecule has 0 aliphatic heterocycles. The Morgan fingerprint density at radius 2 is 0.650 bits per heavy atom. The highest BCUT2D eigenvalue weighted by atomic mass is 16.5. The normalized spacial score (nSPS) is 10.1. The number of esters is 4. The second-order valence-corrected chi connectivity index (χ2v) is 14.6. The van der Waals surface area contributed by atoms with Crippen molar-refractivity contribution in [1.29, 1.82) is 0 Å². The van der Waals surface area contributed by atoms with Crippen molar-refractivity contribution in [3.8, 4) is 45.3 Å². The highest BCUT2D eigenvalue weighted by Crippen LogP contribution is 2.37. The zero-order valence-electron chi connectivity index (χ0n) is 35.9. The van der Waals surface area contributed by atoms with Gasteiger partial charge < -0.3 is 18.9 Å². The first-order valence-electron chi connectivity index (χ1n) is 18.7. The van der Waals surface area contributed by atoms with Crippen molar-refractivity contribution in [1.82, 2.24) is 0 Å². The van der Waals surface area contributed by atoms with Crippen LogP contribution in [0.15, 0.2) is 148 Å². The van der Waals surface area contributed by atoms with Gasteiger partial charge in [0.1, 0.15) is 23.0 Å². The van der Waals surface area contributed by atoms with Crippen LogP contribution in [0.3, 0.4) is 0 Å². The van der Waals surface area contributed by atoms with E-state index in [-0.39, 0.29) is 0 Å². The number of hydrogen-bond acceptors (Lipinski definition) is 8. The van der Waals surface area contributed by atoms with Gasteiger partial charge in [-0.1, -0.05) is 82.5 Å². The van der Waals surface area contributed by atoms with Crippen LogP contribution in [0.4, 0.5) is 0 Å². The van der Waals surface area contributed by atoms with E-state index in [4.69, 9.17) is 18.9 Å². The number of carbonyl (C=O) groups is 4. The number of allylic oxidation sites excluding steroid dienone is 4. The Morgan fingerprint density at radius 3 is 0.967 bits per heavy atom. The lowest BCUT2D eigenvalue weighted by molar-refractivity contribution is -0.131. The van der Waals surface area contributed by atoms with Crippen LogP contribution in [-0.4, -0.2) is 23.9 Å². The van der Waals surface area contributed by atoms with Crippen LogP contribution in [0.5, 0.6) is 23.0 Å². The molecule has 0 aliphatic carbocycles. The molecule has 0 heterocycles. The molecule has 4 rings (SSSR count). The van der Waals surface area contributed by atoms with Crippen LogP contribution < -0.4 is 18.9 Å². The first kappa shape index (κ1) is 47.1. The maximum atomic E-state index is 11.9. The summed E-state index contributed by atoms with van der Waals surface area (Å²) in [7, 11) is 0. The highest BCUT2D eigenvalue weighted by molar-refractivity contribution is 5.93. The Balaban J connectivity index is 0.000000320. The molecule has 8 heteroatoms. The molecule has 0 radical (unpaired) electrons. The van der Waals surface area contributed by atoms with E-state index in [9.17, 15) is 19.2 Å². The summed E-state index contributed by atoms with van der Waals surface area (Å²) in [6.45, 7) is 44.2. The smallest absolute Gasteiger partial charge is 0.338 e. The molecule has 0 spiro atoms. The van der Waals surface area contributed by atoms with Gasteiger partial charge in [0.2, 0.25) is 0 Å². The van der Waals surface area contributed by atoms with Gasteiger partial charge in [0.05, 0.1) is 0 Å². The van der Waals surface area contributed by atoms with Gasteiger partial charge in [-0.15, -0.1) is 0 Å². The van der Waals surface area contributed by atoms with Crippen LogP contribution in [0.25, 0.3) is 44.5 Å². The largest absolute Gasteiger partial charge is 0.423 e. The summed E-state index contributed by atoms with van der Waals surface area (Å²) in [6.07, 6.45) is 0. The summed E-state index contributed by atoms with van der Waals surface area (Å²) in [4.78, 5) is 47.6. The summed E-state index contributed by atoms with van der Waals surface area (Å²) in [5.74, 6) is -0.269. The van der Waals surface area contributed by atoms with Crippen molar-refractivity contribution in [2.75, 3.05) is 0 Å². The molecule has 0 unspecified atom stereocenters. The molecule has 0 N–H and O–H groups in total. The minimum absolute atomic E-state index is 0.316. The molecule has 0 aromatic heterocycles. The zero-order valence-corrected chi connectivity index (χ0v) is 35.9. The van der Waals surface area contributed by atoms with E-state index in [0.717, 1.165) is 61.2 Å². The van der Waals surface area contributed by atoms with Crippen molar-refractivity contribution < 1.29 is 38.1 Å². The van der Waals surface area contributed by atoms with Gasteiger partial charge >= 0.3 is 23.9 Å². The van der Waals surface area contributed by atoms with Gasteiger partial charge in [0.15, 0.2) is 0 Å². The summed E-state index contributed by atoms with van der Waals surface area (Å²) in [5, 5.41) is 0. The third-order valence-electron chi connectivity index (χ3n) is 8.63. The van der Waals surface area contributed by atoms with Gasteiger partial charge in [-0.2, -0.15) is 0 Å². The fraction of sp³-hybridized carbons (Fsp3) is 0.154. The average Bonchev–Trinajstić information content (AvgIpc) is 3.18. The molecule has 0 bridgehead atoms. The van der Waals surface area contributed by atoms with Crippen molar-refractivity contribution in [3.63, 3.8) is 0 Å². The topological polar surface area (TPSA) is 105 Å². The Bertz CT molecular complexity index is 2430. The lowest BCUT2D eigenvalue weighted by Crippen LogP contribution is -2.10. The second-order valence-electron chi connectivity index (χ2n) is 14.6. The van der Waals surface area contributed by atoms with Crippen molar-refractivity contribution in [2.45, 2.75) is 55.4 Å². The van der Waals surface area contributed by atoms with Crippen molar-refractivity contribution in [3.05, 3.63) is 170 Å². The van der Waals surface area contributed by atoms with Crippen LogP contribution in [0, 0.1) is 0 Å². The van der Waals surface area contributed by atoms with Crippen molar-refractivity contribution in [2.24, 2.45) is 0 Å². The maximum absolute atomic E-state index is 11.9. The number of rotatable bonds is 14.